The van der Waals surface area contributed by atoms with E-state index in [1.54, 1.807) is 36.4 Å². The smallest absolute Gasteiger partial charge is 0.341 e. The number of halogens is 3. The molecule has 1 aliphatic rings. The van der Waals surface area contributed by atoms with Crippen LogP contribution in [0.25, 0.3) is 11.0 Å². The summed E-state index contributed by atoms with van der Waals surface area (Å²) < 4.78 is 96.0. The van der Waals surface area contributed by atoms with Crippen LogP contribution >= 0.6 is 0 Å². The number of sulfonamides is 2. The van der Waals surface area contributed by atoms with E-state index in [0.717, 1.165) is 12.1 Å². The third-order valence-corrected chi connectivity index (χ3v) is 9.54. The molecular weight excluding hydrogens is 557 g/mol. The van der Waals surface area contributed by atoms with Gasteiger partial charge in [0, 0.05) is 0 Å². The number of para-hydroxylation sites is 2. The average molecular weight is 579 g/mol. The summed E-state index contributed by atoms with van der Waals surface area (Å²) in [5.74, 6) is -0.427. The second-order valence-electron chi connectivity index (χ2n) is 9.02. The molecule has 204 valence electrons. The molecular formula is C25H21F3N4O5S2. The number of aromatic amines is 1. The molecule has 1 amide bonds. The lowest BCUT2D eigenvalue weighted by Gasteiger charge is -2.19. The van der Waals surface area contributed by atoms with Crippen molar-refractivity contribution in [1.29, 1.82) is 0 Å². The van der Waals surface area contributed by atoms with E-state index >= 15 is 0 Å². The summed E-state index contributed by atoms with van der Waals surface area (Å²) in [7, 11) is -8.53. The lowest BCUT2D eigenvalue weighted by Crippen LogP contribution is -2.32. The van der Waals surface area contributed by atoms with Gasteiger partial charge < -0.3 is 4.98 Å². The average Bonchev–Trinajstić information content (AvgIpc) is 3.43. The number of hydrogen-bond donors (Lipinski definition) is 3. The minimum atomic E-state index is -4.90. The fourth-order valence-corrected chi connectivity index (χ4v) is 7.32. The molecule has 0 aliphatic carbocycles. The van der Waals surface area contributed by atoms with Crippen molar-refractivity contribution in [3.05, 3.63) is 95.3 Å². The summed E-state index contributed by atoms with van der Waals surface area (Å²) in [6.07, 6.45) is -5.14. The number of carbonyl (C=O) groups is 1. The Morgan fingerprint density at radius 2 is 1.67 bits per heavy atom. The Hall–Kier alpha value is -3.75. The van der Waals surface area contributed by atoms with Crippen LogP contribution in [0.2, 0.25) is 0 Å². The number of rotatable bonds is 7. The summed E-state index contributed by atoms with van der Waals surface area (Å²) in [6, 6.07) is 15.9. The zero-order valence-corrected chi connectivity index (χ0v) is 21.6. The van der Waals surface area contributed by atoms with Crippen LogP contribution in [0.5, 0.6) is 0 Å². The Bertz CT molecular complexity index is 1740. The number of nitrogens with zero attached hydrogens (tertiary/aromatic N) is 1. The normalized spacial score (nSPS) is 18.2. The Labute approximate surface area is 221 Å². The predicted molar refractivity (Wildman–Crippen MR) is 135 cm³/mol. The van der Waals surface area contributed by atoms with E-state index in [4.69, 9.17) is 0 Å². The highest BCUT2D eigenvalue weighted by Gasteiger charge is 2.39. The molecule has 0 radical (unpaired) electrons. The molecule has 1 saturated heterocycles. The van der Waals surface area contributed by atoms with Crippen molar-refractivity contribution in [3.8, 4) is 0 Å². The van der Waals surface area contributed by atoms with Gasteiger partial charge in [-0.05, 0) is 41.8 Å². The molecule has 0 saturated carbocycles. The van der Waals surface area contributed by atoms with Gasteiger partial charge in [0.1, 0.15) is 11.1 Å². The molecule has 4 aromatic rings. The highest BCUT2D eigenvalue weighted by Crippen LogP contribution is 2.35. The number of alkyl halides is 3. The van der Waals surface area contributed by atoms with Crippen LogP contribution in [0.3, 0.4) is 0 Å². The molecule has 2 atom stereocenters. The molecule has 0 bridgehead atoms. The maximum atomic E-state index is 13.6. The first-order valence-corrected chi connectivity index (χ1v) is 14.6. The van der Waals surface area contributed by atoms with Crippen molar-refractivity contribution < 1.29 is 34.8 Å². The van der Waals surface area contributed by atoms with E-state index in [1.165, 1.54) is 18.2 Å². The first-order chi connectivity index (χ1) is 18.3. The number of H-pyrrole nitrogens is 1. The van der Waals surface area contributed by atoms with E-state index in [1.807, 2.05) is 4.72 Å². The fourth-order valence-electron chi connectivity index (χ4n) is 4.47. The van der Waals surface area contributed by atoms with Crippen LogP contribution in [-0.2, 0) is 37.4 Å². The number of fused-ring (bicyclic) bond motifs is 1. The molecule has 5 rings (SSSR count). The van der Waals surface area contributed by atoms with Crippen molar-refractivity contribution in [3.63, 3.8) is 0 Å². The summed E-state index contributed by atoms with van der Waals surface area (Å²) in [5, 5.41) is -1.05. The maximum absolute atomic E-state index is 13.6. The number of imidazole rings is 1. The molecule has 1 aliphatic heterocycles. The lowest BCUT2D eigenvalue weighted by molar-refractivity contribution is -0.139. The molecule has 1 aromatic heterocycles. The van der Waals surface area contributed by atoms with Crippen molar-refractivity contribution in [2.45, 2.75) is 35.2 Å². The number of nitrogens with one attached hydrogen (secondary N) is 3. The highest BCUT2D eigenvalue weighted by atomic mass is 32.2. The van der Waals surface area contributed by atoms with Crippen molar-refractivity contribution in [1.82, 2.24) is 19.4 Å². The number of carbonyl (C=O) groups excluding carboxylic acids is 1. The van der Waals surface area contributed by atoms with Crippen LogP contribution in [0.1, 0.15) is 40.2 Å². The van der Waals surface area contributed by atoms with E-state index in [2.05, 4.69) is 14.7 Å². The topological polar surface area (TPSA) is 138 Å². The van der Waals surface area contributed by atoms with E-state index < -0.39 is 53.9 Å². The molecule has 39 heavy (non-hydrogen) atoms. The van der Waals surface area contributed by atoms with Gasteiger partial charge >= 0.3 is 6.18 Å². The quantitative estimate of drug-likeness (QED) is 0.306. The van der Waals surface area contributed by atoms with E-state index in [9.17, 15) is 34.8 Å². The first-order valence-electron chi connectivity index (χ1n) is 11.6. The number of amides is 1. The first kappa shape index (κ1) is 26.8. The molecule has 1 fully saturated rings. The van der Waals surface area contributed by atoms with Gasteiger partial charge in [0.05, 0.1) is 34.0 Å². The Morgan fingerprint density at radius 3 is 2.31 bits per heavy atom. The standard InChI is InChI=1S/C25H21F3N4O5S2/c26-25(27,28)17-5-1-4-8-21(17)38(34,35)31-20(24-29-18-6-2-3-7-19(18)30-24)13-15-9-11-16(12-10-15)22-14-23(33)32-39(22,36)37/h1-12,20,22,31H,13-14H2,(H,29,30)(H,32,33)/t20-,22?/m0/s1. The number of hydrogen-bond acceptors (Lipinski definition) is 6. The number of aromatic nitrogens is 2. The zero-order chi connectivity index (χ0) is 28.0. The molecule has 3 aromatic carbocycles. The van der Waals surface area contributed by atoms with Crippen LogP contribution < -0.4 is 9.44 Å². The summed E-state index contributed by atoms with van der Waals surface area (Å²) in [5.41, 5.74) is 0.756. The minimum Gasteiger partial charge on any atom is -0.341 e. The minimum absolute atomic E-state index is 0.0257. The SMILES string of the molecule is O=C1CC(c2ccc(C[C@H](NS(=O)(=O)c3ccccc3C(F)(F)F)c3nc4ccccc4[nH]3)cc2)S(=O)(=O)N1. The third-order valence-electron chi connectivity index (χ3n) is 6.31. The highest BCUT2D eigenvalue weighted by molar-refractivity contribution is 7.90. The Balaban J connectivity index is 1.50. The Morgan fingerprint density at radius 1 is 1.00 bits per heavy atom. The molecule has 14 heteroatoms. The van der Waals surface area contributed by atoms with Crippen molar-refractivity contribution in [2.24, 2.45) is 0 Å². The monoisotopic (exact) mass is 578 g/mol. The van der Waals surface area contributed by atoms with Gasteiger partial charge in [-0.1, -0.05) is 48.5 Å². The second-order valence-corrected chi connectivity index (χ2v) is 12.6. The van der Waals surface area contributed by atoms with Gasteiger partial charge in [-0.15, -0.1) is 0 Å². The molecule has 1 unspecified atom stereocenters. The van der Waals surface area contributed by atoms with Crippen molar-refractivity contribution in [2.75, 3.05) is 0 Å². The zero-order valence-electron chi connectivity index (χ0n) is 19.9. The van der Waals surface area contributed by atoms with E-state index in [-0.39, 0.29) is 18.7 Å². The van der Waals surface area contributed by atoms with Crippen molar-refractivity contribution >= 4 is 37.0 Å². The predicted octanol–water partition coefficient (Wildman–Crippen LogP) is 3.73. The largest absolute Gasteiger partial charge is 0.417 e. The molecule has 3 N–H and O–H groups in total. The maximum Gasteiger partial charge on any atom is 0.417 e. The Kier molecular flexibility index (Phi) is 6.73. The summed E-state index contributed by atoms with van der Waals surface area (Å²) in [4.78, 5) is 18.1. The third kappa shape index (κ3) is 5.53. The van der Waals surface area contributed by atoms with Gasteiger partial charge in [0.15, 0.2) is 0 Å². The fraction of sp³-hybridized carbons (Fsp3) is 0.200. The van der Waals surface area contributed by atoms with Gasteiger partial charge in [0.2, 0.25) is 26.0 Å². The van der Waals surface area contributed by atoms with Gasteiger partial charge in [0.25, 0.3) is 0 Å². The molecule has 0 spiro atoms. The molecule has 2 heterocycles. The van der Waals surface area contributed by atoms with Crippen LogP contribution in [0, 0.1) is 0 Å². The summed E-state index contributed by atoms with van der Waals surface area (Å²) >= 11 is 0. The van der Waals surface area contributed by atoms with Gasteiger partial charge in [-0.2, -0.15) is 13.2 Å². The summed E-state index contributed by atoms with van der Waals surface area (Å²) in [6.45, 7) is 0. The van der Waals surface area contributed by atoms with Crippen LogP contribution in [0.15, 0.2) is 77.7 Å². The number of benzene rings is 3. The molecule has 9 nitrogen and oxygen atoms in total. The van der Waals surface area contributed by atoms with Crippen LogP contribution in [-0.4, -0.2) is 32.7 Å². The van der Waals surface area contributed by atoms with Gasteiger partial charge in [-0.3, -0.25) is 9.52 Å². The van der Waals surface area contributed by atoms with Crippen LogP contribution in [0.4, 0.5) is 13.2 Å². The second kappa shape index (κ2) is 9.77. The lowest BCUT2D eigenvalue weighted by atomic mass is 10.0. The van der Waals surface area contributed by atoms with Gasteiger partial charge in [-0.25, -0.2) is 26.5 Å². The van der Waals surface area contributed by atoms with E-state index in [0.29, 0.717) is 28.2 Å².